The highest BCUT2D eigenvalue weighted by molar-refractivity contribution is 5.99. The Hall–Kier alpha value is -2.05. The second-order valence-electron chi connectivity index (χ2n) is 3.64. The van der Waals surface area contributed by atoms with Crippen LogP contribution in [0.5, 0.6) is 0 Å². The molecule has 1 unspecified atom stereocenters. The third-order valence-electron chi connectivity index (χ3n) is 2.36. The van der Waals surface area contributed by atoms with E-state index in [1.54, 1.807) is 0 Å². The van der Waals surface area contributed by atoms with E-state index in [9.17, 15) is 9.59 Å². The number of nitrogens with zero attached hydrogens (tertiary/aromatic N) is 4. The lowest BCUT2D eigenvalue weighted by molar-refractivity contribution is -0.117. The number of imidazole rings is 1. The maximum atomic E-state index is 11.9. The standard InChI is InChI=1S/C10H15N5O2/c1-4-7(2)9(17)8-10(12-5-11-8)13-14-15(3)6-16/h5-7H,4H2,1-3H3,(H,11,12). The van der Waals surface area contributed by atoms with Gasteiger partial charge >= 0.3 is 0 Å². The first kappa shape index (κ1) is 13.0. The zero-order valence-electron chi connectivity index (χ0n) is 10.0. The summed E-state index contributed by atoms with van der Waals surface area (Å²) in [6, 6.07) is 0. The lowest BCUT2D eigenvalue weighted by Crippen LogP contribution is -2.11. The molecule has 0 aliphatic carbocycles. The molecule has 0 radical (unpaired) electrons. The first-order valence-corrected chi connectivity index (χ1v) is 5.27. The zero-order chi connectivity index (χ0) is 12.8. The number of rotatable bonds is 6. The zero-order valence-corrected chi connectivity index (χ0v) is 10.0. The minimum atomic E-state index is -0.104. The van der Waals surface area contributed by atoms with Crippen LogP contribution in [0.3, 0.4) is 0 Å². The average Bonchev–Trinajstić information content (AvgIpc) is 2.82. The smallest absolute Gasteiger partial charge is 0.230 e. The molecule has 0 spiro atoms. The van der Waals surface area contributed by atoms with Crippen LogP contribution in [-0.4, -0.2) is 34.2 Å². The van der Waals surface area contributed by atoms with E-state index in [-0.39, 0.29) is 17.5 Å². The molecule has 1 rings (SSSR count). The number of aromatic amines is 1. The van der Waals surface area contributed by atoms with Crippen LogP contribution in [0.25, 0.3) is 0 Å². The lowest BCUT2D eigenvalue weighted by atomic mass is 10.0. The third-order valence-corrected chi connectivity index (χ3v) is 2.36. The number of Topliss-reactive ketones (excluding diaryl/α,β-unsaturated/α-hetero) is 1. The first-order valence-electron chi connectivity index (χ1n) is 5.27. The van der Waals surface area contributed by atoms with Crippen LogP contribution in [0.15, 0.2) is 16.7 Å². The number of hydrogen-bond acceptors (Lipinski definition) is 5. The number of aromatic nitrogens is 2. The largest absolute Gasteiger partial charge is 0.340 e. The van der Waals surface area contributed by atoms with Crippen LogP contribution in [0, 0.1) is 5.92 Å². The quantitative estimate of drug-likeness (QED) is 0.353. The summed E-state index contributed by atoms with van der Waals surface area (Å²) in [6.07, 6.45) is 2.62. The van der Waals surface area contributed by atoms with Crippen molar-refractivity contribution >= 4 is 18.0 Å². The van der Waals surface area contributed by atoms with Gasteiger partial charge in [0.15, 0.2) is 5.78 Å². The molecule has 0 fully saturated rings. The highest BCUT2D eigenvalue weighted by atomic mass is 16.1. The Morgan fingerprint density at radius 1 is 1.71 bits per heavy atom. The Morgan fingerprint density at radius 2 is 2.41 bits per heavy atom. The van der Waals surface area contributed by atoms with Gasteiger partial charge < -0.3 is 4.98 Å². The average molecular weight is 237 g/mol. The number of hydrogen-bond donors (Lipinski definition) is 1. The fourth-order valence-electron chi connectivity index (χ4n) is 1.11. The van der Waals surface area contributed by atoms with Gasteiger partial charge in [-0.15, -0.1) is 5.11 Å². The third kappa shape index (κ3) is 3.20. The Labute approximate surface area is 98.9 Å². The summed E-state index contributed by atoms with van der Waals surface area (Å²) in [4.78, 5) is 28.9. The molecule has 1 aromatic heterocycles. The highest BCUT2D eigenvalue weighted by Crippen LogP contribution is 2.19. The van der Waals surface area contributed by atoms with Crippen molar-refractivity contribution in [2.75, 3.05) is 7.05 Å². The van der Waals surface area contributed by atoms with Gasteiger partial charge in [0.2, 0.25) is 12.2 Å². The van der Waals surface area contributed by atoms with E-state index in [1.165, 1.54) is 13.4 Å². The summed E-state index contributed by atoms with van der Waals surface area (Å²) in [7, 11) is 1.44. The molecule has 0 saturated heterocycles. The Morgan fingerprint density at radius 3 is 3.00 bits per heavy atom. The Balaban J connectivity index is 2.89. The molecule has 1 N–H and O–H groups in total. The van der Waals surface area contributed by atoms with Crippen molar-refractivity contribution in [1.29, 1.82) is 0 Å². The molecule has 0 aliphatic heterocycles. The first-order chi connectivity index (χ1) is 8.10. The van der Waals surface area contributed by atoms with Gasteiger partial charge in [0.05, 0.1) is 6.33 Å². The lowest BCUT2D eigenvalue weighted by Gasteiger charge is -2.05. The second kappa shape index (κ2) is 5.88. The molecule has 7 heteroatoms. The summed E-state index contributed by atoms with van der Waals surface area (Å²) >= 11 is 0. The van der Waals surface area contributed by atoms with Gasteiger partial charge in [-0.05, 0) is 6.42 Å². The molecule has 1 aromatic rings. The van der Waals surface area contributed by atoms with Crippen molar-refractivity contribution in [1.82, 2.24) is 15.0 Å². The van der Waals surface area contributed by atoms with E-state index in [2.05, 4.69) is 20.3 Å². The summed E-state index contributed by atoms with van der Waals surface area (Å²) in [5.41, 5.74) is 0.322. The Bertz CT molecular complexity index is 426. The molecule has 7 nitrogen and oxygen atoms in total. The molecule has 0 saturated carbocycles. The Kier molecular flexibility index (Phi) is 4.50. The van der Waals surface area contributed by atoms with Gasteiger partial charge in [0.25, 0.3) is 0 Å². The number of amides is 1. The number of ketones is 1. The van der Waals surface area contributed by atoms with E-state index in [1.807, 2.05) is 13.8 Å². The van der Waals surface area contributed by atoms with Crippen LogP contribution in [0.2, 0.25) is 0 Å². The van der Waals surface area contributed by atoms with Gasteiger partial charge in [0.1, 0.15) is 5.69 Å². The van der Waals surface area contributed by atoms with E-state index in [0.717, 1.165) is 11.4 Å². The second-order valence-corrected chi connectivity index (χ2v) is 3.64. The van der Waals surface area contributed by atoms with Crippen molar-refractivity contribution < 1.29 is 9.59 Å². The van der Waals surface area contributed by atoms with Crippen molar-refractivity contribution in [3.05, 3.63) is 12.0 Å². The molecular weight excluding hydrogens is 222 g/mol. The van der Waals surface area contributed by atoms with Crippen molar-refractivity contribution in [3.63, 3.8) is 0 Å². The maximum absolute atomic E-state index is 11.9. The number of carbonyl (C=O) groups is 2. The topological polar surface area (TPSA) is 90.8 Å². The maximum Gasteiger partial charge on any atom is 0.230 e. The monoisotopic (exact) mass is 237 g/mol. The van der Waals surface area contributed by atoms with Crippen LogP contribution in [-0.2, 0) is 4.79 Å². The van der Waals surface area contributed by atoms with Gasteiger partial charge in [-0.25, -0.2) is 9.99 Å². The van der Waals surface area contributed by atoms with E-state index >= 15 is 0 Å². The highest BCUT2D eigenvalue weighted by Gasteiger charge is 2.19. The summed E-state index contributed by atoms with van der Waals surface area (Å²) < 4.78 is 0. The predicted molar refractivity (Wildman–Crippen MR) is 60.7 cm³/mol. The van der Waals surface area contributed by atoms with Gasteiger partial charge in [-0.3, -0.25) is 9.59 Å². The summed E-state index contributed by atoms with van der Waals surface area (Å²) in [5.74, 6) is 0.0323. The molecule has 0 bridgehead atoms. The van der Waals surface area contributed by atoms with Gasteiger partial charge in [-0.2, -0.15) is 0 Å². The van der Waals surface area contributed by atoms with Crippen molar-refractivity contribution in [2.45, 2.75) is 20.3 Å². The van der Waals surface area contributed by atoms with Crippen LogP contribution in [0.1, 0.15) is 30.8 Å². The summed E-state index contributed by atoms with van der Waals surface area (Å²) in [6.45, 7) is 3.77. The summed E-state index contributed by atoms with van der Waals surface area (Å²) in [5, 5.41) is 8.29. The van der Waals surface area contributed by atoms with Crippen molar-refractivity contribution in [2.24, 2.45) is 16.3 Å². The fourth-order valence-corrected chi connectivity index (χ4v) is 1.11. The number of nitrogens with one attached hydrogen (secondary N) is 1. The van der Waals surface area contributed by atoms with E-state index in [4.69, 9.17) is 0 Å². The molecule has 0 aliphatic rings. The van der Waals surface area contributed by atoms with Crippen molar-refractivity contribution in [3.8, 4) is 0 Å². The normalized spacial score (nSPS) is 12.6. The minimum absolute atomic E-state index is 0.0623. The molecule has 17 heavy (non-hydrogen) atoms. The number of H-pyrrole nitrogens is 1. The molecule has 1 atom stereocenters. The predicted octanol–water partition coefficient (Wildman–Crippen LogP) is 1.73. The molecule has 92 valence electrons. The molecular formula is C10H15N5O2. The molecule has 1 heterocycles. The van der Waals surface area contributed by atoms with Gasteiger partial charge in [-0.1, -0.05) is 19.1 Å². The SMILES string of the molecule is CCC(C)C(=O)c1[nH]cnc1N=NN(C)C=O. The fraction of sp³-hybridized carbons (Fsp3) is 0.500. The van der Waals surface area contributed by atoms with Gasteiger partial charge in [0, 0.05) is 13.0 Å². The van der Waals surface area contributed by atoms with E-state index < -0.39 is 0 Å². The minimum Gasteiger partial charge on any atom is -0.340 e. The van der Waals surface area contributed by atoms with E-state index in [0.29, 0.717) is 12.1 Å². The number of carbonyl (C=O) groups excluding carboxylic acids is 2. The van der Waals surface area contributed by atoms with Crippen LogP contribution < -0.4 is 0 Å². The van der Waals surface area contributed by atoms with Crippen LogP contribution in [0.4, 0.5) is 5.82 Å². The molecule has 1 amide bonds. The van der Waals surface area contributed by atoms with Crippen LogP contribution >= 0.6 is 0 Å². The molecule has 0 aromatic carbocycles.